The Kier molecular flexibility index (Phi) is 5.90. The fourth-order valence-electron chi connectivity index (χ4n) is 0.622. The van der Waals surface area contributed by atoms with E-state index in [2.05, 4.69) is 15.5 Å². The second kappa shape index (κ2) is 6.64. The van der Waals surface area contributed by atoms with E-state index < -0.39 is 5.97 Å². The number of aromatic amines is 1. The summed E-state index contributed by atoms with van der Waals surface area (Å²) in [7, 11) is 1.71. The second-order valence-electron chi connectivity index (χ2n) is 4.04. The molecule has 7 nitrogen and oxygen atoms in total. The van der Waals surface area contributed by atoms with E-state index in [1.165, 1.54) is 6.20 Å². The molecule has 7 heteroatoms. The lowest BCUT2D eigenvalue weighted by Crippen LogP contribution is -2.15. The highest BCUT2D eigenvalue weighted by molar-refractivity contribution is 5.94. The van der Waals surface area contributed by atoms with Gasteiger partial charge in [0.2, 0.25) is 6.41 Å². The first kappa shape index (κ1) is 15.1. The van der Waals surface area contributed by atoms with Gasteiger partial charge in [-0.3, -0.25) is 9.89 Å². The van der Waals surface area contributed by atoms with Crippen LogP contribution in [0.2, 0.25) is 0 Å². The molecule has 1 aromatic heterocycles. The molecule has 1 heterocycles. The molecule has 0 atom stereocenters. The molecule has 0 aromatic carbocycles. The number of carboxylic acid groups (broad SMARTS) is 1. The molecule has 0 unspecified atom stereocenters. The van der Waals surface area contributed by atoms with Gasteiger partial charge in [0, 0.05) is 7.11 Å². The molecule has 3 N–H and O–H groups in total. The largest absolute Gasteiger partial charge is 0.476 e. The van der Waals surface area contributed by atoms with E-state index in [4.69, 9.17) is 9.84 Å². The Hall–Kier alpha value is -1.89. The molecule has 17 heavy (non-hydrogen) atoms. The number of carbonyl (C=O) groups excluding carboxylic acids is 1. The summed E-state index contributed by atoms with van der Waals surface area (Å²) >= 11 is 0. The Balaban J connectivity index is 0.000000366. The first-order valence-corrected chi connectivity index (χ1v) is 4.83. The van der Waals surface area contributed by atoms with Gasteiger partial charge in [0.25, 0.3) is 0 Å². The molecule has 0 aliphatic heterocycles. The number of hydrogen-bond donors (Lipinski definition) is 3. The maximum absolute atomic E-state index is 10.3. The van der Waals surface area contributed by atoms with Gasteiger partial charge >= 0.3 is 5.97 Å². The van der Waals surface area contributed by atoms with Gasteiger partial charge in [0.1, 0.15) is 0 Å². The van der Waals surface area contributed by atoms with Crippen molar-refractivity contribution in [2.75, 3.05) is 12.4 Å². The average Bonchev–Trinajstić information content (AvgIpc) is 2.66. The number of aromatic carboxylic acids is 1. The van der Waals surface area contributed by atoms with Crippen molar-refractivity contribution < 1.29 is 19.4 Å². The third-order valence-corrected chi connectivity index (χ3v) is 1.68. The van der Waals surface area contributed by atoms with Gasteiger partial charge < -0.3 is 15.2 Å². The number of anilines is 1. The maximum atomic E-state index is 10.3. The van der Waals surface area contributed by atoms with Crippen LogP contribution >= 0.6 is 0 Å². The number of rotatable bonds is 3. The van der Waals surface area contributed by atoms with Crippen LogP contribution in [-0.2, 0) is 9.53 Å². The SMILES string of the molecule is COC(C)(C)C.O=CNc1cn[nH]c1C(=O)O. The number of aromatic nitrogens is 2. The van der Waals surface area contributed by atoms with E-state index in [9.17, 15) is 9.59 Å². The Morgan fingerprint density at radius 2 is 2.12 bits per heavy atom. The summed E-state index contributed by atoms with van der Waals surface area (Å²) < 4.78 is 4.94. The molecule has 0 spiro atoms. The number of ether oxygens (including phenoxy) is 1. The van der Waals surface area contributed by atoms with Crippen LogP contribution in [0.4, 0.5) is 5.69 Å². The fourth-order valence-corrected chi connectivity index (χ4v) is 0.622. The zero-order valence-electron chi connectivity index (χ0n) is 10.3. The van der Waals surface area contributed by atoms with Crippen LogP contribution in [-0.4, -0.2) is 40.4 Å². The van der Waals surface area contributed by atoms with Crippen molar-refractivity contribution in [2.45, 2.75) is 26.4 Å². The predicted octanol–water partition coefficient (Wildman–Crippen LogP) is 1.11. The van der Waals surface area contributed by atoms with Crippen LogP contribution in [0.1, 0.15) is 31.3 Å². The molecule has 0 fully saturated rings. The standard InChI is InChI=1S/C5H5N3O3.C5H12O/c9-2-6-3-1-7-8-4(3)5(10)11;1-5(2,3)6-4/h1-2H,(H,6,9)(H,7,8)(H,10,11);1-4H3. The summed E-state index contributed by atoms with van der Waals surface area (Å²) in [4.78, 5) is 20.2. The molecular weight excluding hydrogens is 226 g/mol. The molecule has 1 amide bonds. The number of amides is 1. The van der Waals surface area contributed by atoms with Gasteiger partial charge in [-0.2, -0.15) is 5.10 Å². The average molecular weight is 243 g/mol. The van der Waals surface area contributed by atoms with Crippen LogP contribution in [0, 0.1) is 0 Å². The number of nitrogens with one attached hydrogen (secondary N) is 2. The lowest BCUT2D eigenvalue weighted by molar-refractivity contribution is -0.105. The Morgan fingerprint density at radius 1 is 1.59 bits per heavy atom. The van der Waals surface area contributed by atoms with Crippen molar-refractivity contribution in [1.82, 2.24) is 10.2 Å². The van der Waals surface area contributed by atoms with E-state index in [1.807, 2.05) is 20.8 Å². The molecule has 0 radical (unpaired) electrons. The Morgan fingerprint density at radius 3 is 2.47 bits per heavy atom. The van der Waals surface area contributed by atoms with E-state index in [0.29, 0.717) is 6.41 Å². The van der Waals surface area contributed by atoms with Crippen molar-refractivity contribution in [3.8, 4) is 0 Å². The topological polar surface area (TPSA) is 104 Å². The number of nitrogens with zero attached hydrogens (tertiary/aromatic N) is 1. The number of carboxylic acids is 1. The van der Waals surface area contributed by atoms with Crippen LogP contribution in [0.3, 0.4) is 0 Å². The Labute approximate surface area is 99.2 Å². The number of hydrogen-bond acceptors (Lipinski definition) is 4. The van der Waals surface area contributed by atoms with Crippen molar-refractivity contribution in [1.29, 1.82) is 0 Å². The molecule has 0 aliphatic carbocycles. The summed E-state index contributed by atoms with van der Waals surface area (Å²) in [5.41, 5.74) is 0.0737. The summed E-state index contributed by atoms with van der Waals surface area (Å²) in [6.07, 6.45) is 1.61. The van der Waals surface area contributed by atoms with Gasteiger partial charge in [-0.25, -0.2) is 4.79 Å². The van der Waals surface area contributed by atoms with E-state index in [-0.39, 0.29) is 17.0 Å². The quantitative estimate of drug-likeness (QED) is 0.690. The maximum Gasteiger partial charge on any atom is 0.356 e. The molecule has 96 valence electrons. The number of carbonyl (C=O) groups is 2. The zero-order valence-corrected chi connectivity index (χ0v) is 10.3. The van der Waals surface area contributed by atoms with E-state index >= 15 is 0 Å². The zero-order chi connectivity index (χ0) is 13.5. The van der Waals surface area contributed by atoms with Crippen molar-refractivity contribution in [3.05, 3.63) is 11.9 Å². The third kappa shape index (κ3) is 6.31. The van der Waals surface area contributed by atoms with Gasteiger partial charge in [-0.05, 0) is 20.8 Å². The molecular formula is C10H17N3O4. The highest BCUT2D eigenvalue weighted by Gasteiger charge is 2.10. The van der Waals surface area contributed by atoms with E-state index in [1.54, 1.807) is 7.11 Å². The normalized spacial score (nSPS) is 10.1. The minimum atomic E-state index is -1.16. The molecule has 0 aliphatic rings. The third-order valence-electron chi connectivity index (χ3n) is 1.68. The predicted molar refractivity (Wildman–Crippen MR) is 62.0 cm³/mol. The number of methoxy groups -OCH3 is 1. The highest BCUT2D eigenvalue weighted by atomic mass is 16.5. The monoisotopic (exact) mass is 243 g/mol. The number of H-pyrrole nitrogens is 1. The lowest BCUT2D eigenvalue weighted by atomic mass is 10.2. The molecule has 0 saturated heterocycles. The smallest absolute Gasteiger partial charge is 0.356 e. The highest BCUT2D eigenvalue weighted by Crippen LogP contribution is 2.09. The van der Waals surface area contributed by atoms with Gasteiger partial charge in [0.05, 0.1) is 17.5 Å². The minimum absolute atomic E-state index is 0.0417. The summed E-state index contributed by atoms with van der Waals surface area (Å²) in [6.45, 7) is 6.06. The van der Waals surface area contributed by atoms with Crippen molar-refractivity contribution in [3.63, 3.8) is 0 Å². The summed E-state index contributed by atoms with van der Waals surface area (Å²) in [6, 6.07) is 0. The summed E-state index contributed by atoms with van der Waals surface area (Å²) in [5.74, 6) is -1.16. The van der Waals surface area contributed by atoms with Gasteiger partial charge in [0.15, 0.2) is 5.69 Å². The van der Waals surface area contributed by atoms with Gasteiger partial charge in [-0.1, -0.05) is 0 Å². The molecule has 1 rings (SSSR count). The first-order valence-electron chi connectivity index (χ1n) is 4.83. The summed E-state index contributed by atoms with van der Waals surface area (Å²) in [5, 5.41) is 16.3. The molecule has 0 bridgehead atoms. The van der Waals surface area contributed by atoms with Crippen molar-refractivity contribution in [2.24, 2.45) is 0 Å². The van der Waals surface area contributed by atoms with Crippen molar-refractivity contribution >= 4 is 18.1 Å². The fraction of sp³-hybridized carbons (Fsp3) is 0.500. The van der Waals surface area contributed by atoms with Crippen LogP contribution in [0.5, 0.6) is 0 Å². The minimum Gasteiger partial charge on any atom is -0.476 e. The second-order valence-corrected chi connectivity index (χ2v) is 4.04. The lowest BCUT2D eigenvalue weighted by Gasteiger charge is -2.14. The van der Waals surface area contributed by atoms with Crippen LogP contribution in [0.25, 0.3) is 0 Å². The van der Waals surface area contributed by atoms with Gasteiger partial charge in [-0.15, -0.1) is 0 Å². The van der Waals surface area contributed by atoms with E-state index in [0.717, 1.165) is 0 Å². The van der Waals surface area contributed by atoms with Crippen LogP contribution < -0.4 is 5.32 Å². The Bertz CT molecular complexity index is 368. The molecule has 1 aromatic rings. The molecule has 0 saturated carbocycles. The van der Waals surface area contributed by atoms with Crippen LogP contribution in [0.15, 0.2) is 6.20 Å². The first-order chi connectivity index (χ1) is 7.81.